The fourth-order valence-corrected chi connectivity index (χ4v) is 2.21. The average molecular weight is 327 g/mol. The quantitative estimate of drug-likeness (QED) is 0.546. The molecule has 1 aromatic carbocycles. The number of guanidine groups is 1. The summed E-state index contributed by atoms with van der Waals surface area (Å²) >= 11 is 0. The summed E-state index contributed by atoms with van der Waals surface area (Å²) in [5.74, 6) is 1.54. The number of hydrogen-bond donors (Lipinski definition) is 2. The number of rotatable bonds is 8. The molecule has 0 radical (unpaired) electrons. The van der Waals surface area contributed by atoms with Gasteiger partial charge >= 0.3 is 0 Å². The summed E-state index contributed by atoms with van der Waals surface area (Å²) in [6, 6.07) is 7.91. The first kappa shape index (κ1) is 18.3. The standard InChI is InChI=1S/C15H25N3O3S/c1-4-16-15(18-11-12-22(3,19)20)17-10-9-13-5-7-14(21-2)8-6-13/h5-8H,4,9-12H2,1-3H3,(H2,16,17,18). The molecular formula is C15H25N3O3S. The number of nitrogens with zero attached hydrogens (tertiary/aromatic N) is 1. The van der Waals surface area contributed by atoms with Gasteiger partial charge in [-0.1, -0.05) is 12.1 Å². The highest BCUT2D eigenvalue weighted by molar-refractivity contribution is 7.90. The normalized spacial score (nSPS) is 12.0. The summed E-state index contributed by atoms with van der Waals surface area (Å²) < 4.78 is 27.3. The van der Waals surface area contributed by atoms with E-state index in [4.69, 9.17) is 4.74 Å². The lowest BCUT2D eigenvalue weighted by atomic mass is 10.1. The van der Waals surface area contributed by atoms with E-state index in [2.05, 4.69) is 15.6 Å². The Balaban J connectivity index is 2.44. The largest absolute Gasteiger partial charge is 0.497 e. The first-order chi connectivity index (χ1) is 10.4. The van der Waals surface area contributed by atoms with Gasteiger partial charge in [0.1, 0.15) is 15.6 Å². The molecule has 0 spiro atoms. The monoisotopic (exact) mass is 327 g/mol. The van der Waals surface area contributed by atoms with Crippen molar-refractivity contribution in [3.8, 4) is 5.75 Å². The van der Waals surface area contributed by atoms with Crippen molar-refractivity contribution >= 4 is 15.8 Å². The van der Waals surface area contributed by atoms with E-state index in [9.17, 15) is 8.42 Å². The maximum atomic E-state index is 11.1. The molecule has 0 fully saturated rings. The third-order valence-electron chi connectivity index (χ3n) is 2.94. The molecule has 0 saturated heterocycles. The smallest absolute Gasteiger partial charge is 0.191 e. The molecule has 0 bridgehead atoms. The van der Waals surface area contributed by atoms with Crippen LogP contribution in [0.4, 0.5) is 0 Å². The van der Waals surface area contributed by atoms with Gasteiger partial charge < -0.3 is 15.4 Å². The van der Waals surface area contributed by atoms with Crippen molar-refractivity contribution in [3.05, 3.63) is 29.8 Å². The summed E-state index contributed by atoms with van der Waals surface area (Å²) in [5, 5.41) is 6.29. The molecule has 0 aliphatic carbocycles. The topological polar surface area (TPSA) is 79.8 Å². The maximum absolute atomic E-state index is 11.1. The van der Waals surface area contributed by atoms with Crippen molar-refractivity contribution in [3.63, 3.8) is 0 Å². The van der Waals surface area contributed by atoms with Crippen LogP contribution in [-0.2, 0) is 16.3 Å². The lowest BCUT2D eigenvalue weighted by molar-refractivity contribution is 0.414. The Morgan fingerprint density at radius 2 is 1.91 bits per heavy atom. The number of methoxy groups -OCH3 is 1. The molecule has 0 atom stereocenters. The van der Waals surface area contributed by atoms with Crippen LogP contribution < -0.4 is 15.4 Å². The molecule has 0 heterocycles. The number of ether oxygens (including phenoxy) is 1. The average Bonchev–Trinajstić information content (AvgIpc) is 2.46. The van der Waals surface area contributed by atoms with Crippen molar-refractivity contribution in [1.29, 1.82) is 0 Å². The Bertz CT molecular complexity index is 568. The Kier molecular flexibility index (Phi) is 7.73. The minimum absolute atomic E-state index is 0.0576. The summed E-state index contributed by atoms with van der Waals surface area (Å²) in [4.78, 5) is 4.25. The molecule has 0 aliphatic rings. The van der Waals surface area contributed by atoms with Gasteiger partial charge in [0, 0.05) is 19.3 Å². The van der Waals surface area contributed by atoms with Crippen molar-refractivity contribution in [2.75, 3.05) is 38.8 Å². The molecule has 0 aromatic heterocycles. The molecule has 0 unspecified atom stereocenters. The zero-order chi connectivity index (χ0) is 16.4. The molecule has 6 nitrogen and oxygen atoms in total. The first-order valence-electron chi connectivity index (χ1n) is 7.27. The van der Waals surface area contributed by atoms with E-state index in [-0.39, 0.29) is 12.3 Å². The van der Waals surface area contributed by atoms with Crippen LogP contribution in [0.25, 0.3) is 0 Å². The van der Waals surface area contributed by atoms with E-state index in [0.29, 0.717) is 5.96 Å². The van der Waals surface area contributed by atoms with E-state index < -0.39 is 9.84 Å². The van der Waals surface area contributed by atoms with Crippen molar-refractivity contribution in [2.24, 2.45) is 4.99 Å². The number of sulfone groups is 1. The Labute approximate surface area is 132 Å². The molecule has 0 amide bonds. The van der Waals surface area contributed by atoms with Gasteiger partial charge in [-0.3, -0.25) is 4.99 Å². The second kappa shape index (κ2) is 9.30. The van der Waals surface area contributed by atoms with Crippen molar-refractivity contribution in [1.82, 2.24) is 10.6 Å². The molecule has 22 heavy (non-hydrogen) atoms. The van der Waals surface area contributed by atoms with Crippen LogP contribution in [0.3, 0.4) is 0 Å². The maximum Gasteiger partial charge on any atom is 0.191 e. The Morgan fingerprint density at radius 3 is 2.45 bits per heavy atom. The predicted octanol–water partition coefficient (Wildman–Crippen LogP) is 0.837. The lowest BCUT2D eigenvalue weighted by Gasteiger charge is -2.11. The molecule has 0 saturated carbocycles. The highest BCUT2D eigenvalue weighted by atomic mass is 32.2. The van der Waals surface area contributed by atoms with Gasteiger partial charge in [-0.25, -0.2) is 8.42 Å². The first-order valence-corrected chi connectivity index (χ1v) is 9.33. The summed E-state index contributed by atoms with van der Waals surface area (Å²) in [5.41, 5.74) is 1.19. The highest BCUT2D eigenvalue weighted by Crippen LogP contribution is 2.11. The van der Waals surface area contributed by atoms with E-state index in [1.807, 2.05) is 31.2 Å². The van der Waals surface area contributed by atoms with Crippen molar-refractivity contribution < 1.29 is 13.2 Å². The number of benzene rings is 1. The lowest BCUT2D eigenvalue weighted by Crippen LogP contribution is -2.38. The molecule has 0 aliphatic heterocycles. The van der Waals surface area contributed by atoms with Crippen LogP contribution in [0.2, 0.25) is 0 Å². The Morgan fingerprint density at radius 1 is 1.23 bits per heavy atom. The van der Waals surface area contributed by atoms with Crippen molar-refractivity contribution in [2.45, 2.75) is 13.3 Å². The van der Waals surface area contributed by atoms with Crippen LogP contribution in [0.1, 0.15) is 12.5 Å². The summed E-state index contributed by atoms with van der Waals surface area (Å²) in [6.07, 6.45) is 2.06. The van der Waals surface area contributed by atoms with Gasteiger partial charge in [-0.15, -0.1) is 0 Å². The van der Waals surface area contributed by atoms with E-state index >= 15 is 0 Å². The van der Waals surface area contributed by atoms with E-state index in [1.165, 1.54) is 11.8 Å². The third-order valence-corrected chi connectivity index (χ3v) is 3.87. The van der Waals surface area contributed by atoms with Crippen LogP contribution in [0, 0.1) is 0 Å². The predicted molar refractivity (Wildman–Crippen MR) is 90.4 cm³/mol. The summed E-state index contributed by atoms with van der Waals surface area (Å²) in [7, 11) is -1.33. The number of nitrogens with one attached hydrogen (secondary N) is 2. The van der Waals surface area contributed by atoms with Gasteiger partial charge in [0.25, 0.3) is 0 Å². The molecule has 1 aromatic rings. The summed E-state index contributed by atoms with van der Waals surface area (Å²) in [6.45, 7) is 3.68. The minimum atomic E-state index is -2.98. The highest BCUT2D eigenvalue weighted by Gasteiger charge is 2.02. The second-order valence-electron chi connectivity index (χ2n) is 4.92. The zero-order valence-electron chi connectivity index (χ0n) is 13.4. The van der Waals surface area contributed by atoms with Gasteiger partial charge in [-0.2, -0.15) is 0 Å². The fourth-order valence-electron chi connectivity index (χ4n) is 1.78. The molecule has 1 rings (SSSR count). The van der Waals surface area contributed by atoms with E-state index in [0.717, 1.165) is 25.3 Å². The van der Waals surface area contributed by atoms with Crippen LogP contribution in [0.5, 0.6) is 5.75 Å². The van der Waals surface area contributed by atoms with Crippen LogP contribution in [0.15, 0.2) is 29.3 Å². The molecule has 7 heteroatoms. The number of aliphatic imine (C=N–C) groups is 1. The van der Waals surface area contributed by atoms with Crippen LogP contribution in [-0.4, -0.2) is 53.1 Å². The zero-order valence-corrected chi connectivity index (χ0v) is 14.2. The van der Waals surface area contributed by atoms with Crippen LogP contribution >= 0.6 is 0 Å². The van der Waals surface area contributed by atoms with Gasteiger partial charge in [0.2, 0.25) is 0 Å². The van der Waals surface area contributed by atoms with E-state index in [1.54, 1.807) is 7.11 Å². The van der Waals surface area contributed by atoms with Gasteiger partial charge in [0.05, 0.1) is 19.4 Å². The third kappa shape index (κ3) is 7.87. The second-order valence-corrected chi connectivity index (χ2v) is 7.18. The molecule has 124 valence electrons. The minimum Gasteiger partial charge on any atom is -0.497 e. The SMILES string of the molecule is CCNC(=NCCS(C)(=O)=O)NCCc1ccc(OC)cc1. The molecule has 2 N–H and O–H groups in total. The number of hydrogen-bond acceptors (Lipinski definition) is 4. The Hall–Kier alpha value is -1.76. The van der Waals surface area contributed by atoms with Gasteiger partial charge in [-0.05, 0) is 31.0 Å². The molecular weight excluding hydrogens is 302 g/mol. The van der Waals surface area contributed by atoms with Gasteiger partial charge in [0.15, 0.2) is 5.96 Å². The fraction of sp³-hybridized carbons (Fsp3) is 0.533.